The molecule has 7 aromatic carbocycles. The molecule has 2 unspecified atom stereocenters. The number of benzene rings is 7. The van der Waals surface area contributed by atoms with Gasteiger partial charge in [0.2, 0.25) is 0 Å². The zero-order valence-corrected chi connectivity index (χ0v) is 24.7. The lowest BCUT2D eigenvalue weighted by Crippen LogP contribution is -2.25. The third kappa shape index (κ3) is 3.03. The van der Waals surface area contributed by atoms with Crippen LogP contribution in [0.15, 0.2) is 121 Å². The van der Waals surface area contributed by atoms with E-state index in [-0.39, 0.29) is 10.8 Å². The van der Waals surface area contributed by atoms with Crippen LogP contribution in [0.25, 0.3) is 54.6 Å². The van der Waals surface area contributed by atoms with Gasteiger partial charge in [0, 0.05) is 11.8 Å². The summed E-state index contributed by atoms with van der Waals surface area (Å²) in [4.78, 5) is 0. The summed E-state index contributed by atoms with van der Waals surface area (Å²) in [6.45, 7) is 9.84. The Morgan fingerprint density at radius 2 is 1.00 bits per heavy atom. The molecule has 7 aromatic rings. The fraction of sp³-hybridized carbons (Fsp3) is 0.190. The van der Waals surface area contributed by atoms with Gasteiger partial charge in [0.1, 0.15) is 0 Å². The van der Waals surface area contributed by atoms with Crippen LogP contribution < -0.4 is 0 Å². The van der Waals surface area contributed by atoms with E-state index in [1.807, 2.05) is 0 Å². The van der Waals surface area contributed by atoms with E-state index in [9.17, 15) is 0 Å². The van der Waals surface area contributed by atoms with E-state index >= 15 is 0 Å². The normalized spacial score (nSPS) is 19.8. The zero-order valence-electron chi connectivity index (χ0n) is 24.7. The SMILES string of the molecule is CC1(C)c2ccccc2C2C1c1ccc(-c3ccc(-c4ccc5ccc6cccc7ccc4c5c67)cc3)cc1C2(C)C. The van der Waals surface area contributed by atoms with E-state index in [0.29, 0.717) is 11.8 Å². The molecule has 0 heterocycles. The van der Waals surface area contributed by atoms with Crippen molar-refractivity contribution < 1.29 is 0 Å². The number of fused-ring (bicyclic) bond motifs is 5. The molecule has 0 amide bonds. The van der Waals surface area contributed by atoms with Crippen LogP contribution in [-0.4, -0.2) is 0 Å². The standard InChI is InChI=1S/C42H34/c1-41(2)35-11-6-5-10-33(35)39-40(41)34-23-20-30(24-36(34)42(39,3)4)25-12-14-26(15-13-25)31-21-18-29-17-16-27-8-7-9-28-19-22-32(31)38(29)37(27)28/h5-24,39-40H,1-4H3. The van der Waals surface area contributed by atoms with Crippen molar-refractivity contribution >= 4 is 32.3 Å². The molecule has 0 saturated heterocycles. The highest BCUT2D eigenvalue weighted by molar-refractivity contribution is 6.25. The second-order valence-corrected chi connectivity index (χ2v) is 13.8. The summed E-state index contributed by atoms with van der Waals surface area (Å²) in [7, 11) is 0. The molecule has 0 heteroatoms. The van der Waals surface area contributed by atoms with Crippen molar-refractivity contribution in [3.63, 3.8) is 0 Å². The third-order valence-electron chi connectivity index (χ3n) is 11.0. The molecule has 0 fully saturated rings. The minimum Gasteiger partial charge on any atom is -0.0620 e. The lowest BCUT2D eigenvalue weighted by molar-refractivity contribution is 0.349. The Bertz CT molecular complexity index is 2180. The molecule has 9 rings (SSSR count). The smallest absolute Gasteiger partial charge is 0.00102 e. The molecule has 2 aliphatic carbocycles. The fourth-order valence-electron chi connectivity index (χ4n) is 9.05. The van der Waals surface area contributed by atoms with Gasteiger partial charge in [0.15, 0.2) is 0 Å². The van der Waals surface area contributed by atoms with Crippen molar-refractivity contribution in [1.82, 2.24) is 0 Å². The van der Waals surface area contributed by atoms with Crippen molar-refractivity contribution in [2.45, 2.75) is 50.4 Å². The first-order chi connectivity index (χ1) is 20.3. The molecule has 2 aliphatic rings. The van der Waals surface area contributed by atoms with Crippen LogP contribution in [0.3, 0.4) is 0 Å². The minimum atomic E-state index is 0.0849. The van der Waals surface area contributed by atoms with E-state index < -0.39 is 0 Å². The summed E-state index contributed by atoms with van der Waals surface area (Å²) in [5.74, 6) is 1.04. The molecule has 0 aliphatic heterocycles. The fourth-order valence-corrected chi connectivity index (χ4v) is 9.05. The first kappa shape index (κ1) is 24.2. The van der Waals surface area contributed by atoms with Gasteiger partial charge in [0.25, 0.3) is 0 Å². The molecular weight excluding hydrogens is 504 g/mol. The van der Waals surface area contributed by atoms with Crippen LogP contribution in [0.5, 0.6) is 0 Å². The lowest BCUT2D eigenvalue weighted by Gasteiger charge is -2.31. The van der Waals surface area contributed by atoms with Gasteiger partial charge in [-0.05, 0) is 87.7 Å². The largest absolute Gasteiger partial charge is 0.0620 e. The Hall–Kier alpha value is -4.42. The molecule has 0 aromatic heterocycles. The Kier molecular flexibility index (Phi) is 4.67. The van der Waals surface area contributed by atoms with Gasteiger partial charge in [-0.1, -0.05) is 149 Å². The topological polar surface area (TPSA) is 0 Å². The summed E-state index contributed by atoms with van der Waals surface area (Å²) in [5.41, 5.74) is 11.5. The molecule has 0 radical (unpaired) electrons. The highest BCUT2D eigenvalue weighted by Gasteiger charge is 2.57. The van der Waals surface area contributed by atoms with Gasteiger partial charge < -0.3 is 0 Å². The quantitative estimate of drug-likeness (QED) is 0.192. The molecule has 0 saturated carbocycles. The van der Waals surface area contributed by atoms with E-state index in [4.69, 9.17) is 0 Å². The summed E-state index contributed by atoms with van der Waals surface area (Å²) in [5, 5.41) is 8.02. The van der Waals surface area contributed by atoms with Gasteiger partial charge in [-0.15, -0.1) is 0 Å². The molecule has 0 nitrogen and oxygen atoms in total. The predicted molar refractivity (Wildman–Crippen MR) is 179 cm³/mol. The van der Waals surface area contributed by atoms with Crippen molar-refractivity contribution in [3.05, 3.63) is 144 Å². The first-order valence-corrected chi connectivity index (χ1v) is 15.4. The number of rotatable bonds is 2. The monoisotopic (exact) mass is 538 g/mol. The average molecular weight is 539 g/mol. The van der Waals surface area contributed by atoms with E-state index in [2.05, 4.69) is 149 Å². The minimum absolute atomic E-state index is 0.0849. The summed E-state index contributed by atoms with van der Waals surface area (Å²) in [6.07, 6.45) is 0. The molecule has 0 N–H and O–H groups in total. The lowest BCUT2D eigenvalue weighted by atomic mass is 9.72. The number of hydrogen-bond acceptors (Lipinski definition) is 0. The Morgan fingerprint density at radius 1 is 0.429 bits per heavy atom. The summed E-state index contributed by atoms with van der Waals surface area (Å²) in [6, 6.07) is 46.1. The van der Waals surface area contributed by atoms with Crippen LogP contribution >= 0.6 is 0 Å². The Balaban J connectivity index is 1.13. The van der Waals surface area contributed by atoms with Crippen LogP contribution in [0.4, 0.5) is 0 Å². The van der Waals surface area contributed by atoms with Crippen molar-refractivity contribution in [1.29, 1.82) is 0 Å². The first-order valence-electron chi connectivity index (χ1n) is 15.4. The van der Waals surface area contributed by atoms with Gasteiger partial charge in [-0.25, -0.2) is 0 Å². The molecular formula is C42H34. The molecule has 202 valence electrons. The maximum atomic E-state index is 2.50. The van der Waals surface area contributed by atoms with Crippen LogP contribution in [0.2, 0.25) is 0 Å². The van der Waals surface area contributed by atoms with Gasteiger partial charge in [-0.3, -0.25) is 0 Å². The van der Waals surface area contributed by atoms with Gasteiger partial charge in [0.05, 0.1) is 0 Å². The molecule has 2 atom stereocenters. The van der Waals surface area contributed by atoms with Crippen LogP contribution in [0.1, 0.15) is 61.8 Å². The molecule has 0 spiro atoms. The van der Waals surface area contributed by atoms with Gasteiger partial charge in [-0.2, -0.15) is 0 Å². The van der Waals surface area contributed by atoms with Crippen molar-refractivity contribution in [3.8, 4) is 22.3 Å². The van der Waals surface area contributed by atoms with E-state index in [0.717, 1.165) is 0 Å². The van der Waals surface area contributed by atoms with Crippen molar-refractivity contribution in [2.24, 2.45) is 0 Å². The van der Waals surface area contributed by atoms with Gasteiger partial charge >= 0.3 is 0 Å². The van der Waals surface area contributed by atoms with E-state index in [1.165, 1.54) is 65.7 Å². The Labute approximate surface area is 248 Å². The predicted octanol–water partition coefficient (Wildman–Crippen LogP) is 11.4. The Morgan fingerprint density at radius 3 is 1.76 bits per heavy atom. The second-order valence-electron chi connectivity index (χ2n) is 13.8. The third-order valence-corrected chi connectivity index (χ3v) is 11.0. The van der Waals surface area contributed by atoms with Crippen LogP contribution in [-0.2, 0) is 10.8 Å². The highest BCUT2D eigenvalue weighted by Crippen LogP contribution is 2.67. The van der Waals surface area contributed by atoms with Crippen LogP contribution in [0, 0.1) is 0 Å². The maximum absolute atomic E-state index is 2.50. The second kappa shape index (κ2) is 8.11. The molecule has 42 heavy (non-hydrogen) atoms. The zero-order chi connectivity index (χ0) is 28.4. The molecule has 0 bridgehead atoms. The average Bonchev–Trinajstić information content (AvgIpc) is 3.41. The summed E-state index contributed by atoms with van der Waals surface area (Å²) < 4.78 is 0. The van der Waals surface area contributed by atoms with E-state index in [1.54, 1.807) is 11.1 Å². The highest BCUT2D eigenvalue weighted by atomic mass is 14.6. The number of hydrogen-bond donors (Lipinski definition) is 0. The maximum Gasteiger partial charge on any atom is 0.00102 e. The van der Waals surface area contributed by atoms with Crippen molar-refractivity contribution in [2.75, 3.05) is 0 Å². The summed E-state index contributed by atoms with van der Waals surface area (Å²) >= 11 is 0.